The number of hydrogen-bond acceptors (Lipinski definition) is 0. The molecule has 0 heterocycles. The van der Waals surface area contributed by atoms with Gasteiger partial charge in [-0.3, -0.25) is 0 Å². The van der Waals surface area contributed by atoms with Crippen LogP contribution < -0.4 is 0 Å². The Kier molecular flexibility index (Phi) is 7.46. The van der Waals surface area contributed by atoms with Crippen LogP contribution in [0.2, 0.25) is 0 Å². The normalized spacial score (nSPS) is 12.6. The first-order chi connectivity index (χ1) is 7.10. The maximum Gasteiger partial charge on any atom is -0.0173 e. The lowest BCUT2D eigenvalue weighted by Gasteiger charge is -2.17. The molecular weight excluding hydrogens is 180 g/mol. The second kappa shape index (κ2) is 7.73. The maximum absolute atomic E-state index is 4.21. The summed E-state index contributed by atoms with van der Waals surface area (Å²) in [5, 5.41) is 0. The fourth-order valence-corrected chi connectivity index (χ4v) is 2.27. The summed E-state index contributed by atoms with van der Waals surface area (Å²) in [6.45, 7) is 15.5. The molecule has 0 atom stereocenters. The van der Waals surface area contributed by atoms with E-state index in [1.54, 1.807) is 0 Å². The Hall–Kier alpha value is -0.520. The van der Waals surface area contributed by atoms with Gasteiger partial charge in [-0.15, -0.1) is 0 Å². The molecule has 0 unspecified atom stereocenters. The second-order valence-corrected chi connectivity index (χ2v) is 4.49. The van der Waals surface area contributed by atoms with Crippen molar-refractivity contribution in [2.45, 2.75) is 60.3 Å². The van der Waals surface area contributed by atoms with E-state index in [1.807, 2.05) is 0 Å². The molecule has 0 aliphatic carbocycles. The van der Waals surface area contributed by atoms with Crippen molar-refractivity contribution < 1.29 is 0 Å². The molecule has 0 aliphatic heterocycles. The fourth-order valence-electron chi connectivity index (χ4n) is 2.27. The van der Waals surface area contributed by atoms with Crippen LogP contribution >= 0.6 is 0 Å². The summed E-state index contributed by atoms with van der Waals surface area (Å²) in [5.74, 6) is 1.42. The lowest BCUT2D eigenvalue weighted by Crippen LogP contribution is -2.02. The molecule has 0 nitrogen and oxygen atoms in total. The van der Waals surface area contributed by atoms with E-state index >= 15 is 0 Å². The predicted molar refractivity (Wildman–Crippen MR) is 71.0 cm³/mol. The molecule has 0 aliphatic rings. The summed E-state index contributed by atoms with van der Waals surface area (Å²) >= 11 is 0. The summed E-state index contributed by atoms with van der Waals surface area (Å²) in [6, 6.07) is 0. The van der Waals surface area contributed by atoms with E-state index in [0.29, 0.717) is 5.92 Å². The Morgan fingerprint density at radius 3 is 1.67 bits per heavy atom. The molecule has 0 N–H and O–H groups in total. The average molecular weight is 208 g/mol. The van der Waals surface area contributed by atoms with Crippen LogP contribution in [0.5, 0.6) is 0 Å². The van der Waals surface area contributed by atoms with Gasteiger partial charge in [0.1, 0.15) is 0 Å². The first-order valence-corrected chi connectivity index (χ1v) is 6.47. The third-order valence-corrected chi connectivity index (χ3v) is 3.55. The standard InChI is InChI=1S/C15H28/c1-7-14(8-2)12(5)11-13(6)15(9-3)10-4/h11,14-15H,5,7-10H2,1-4,6H3/b13-11+. The topological polar surface area (TPSA) is 0 Å². The Morgan fingerprint density at radius 1 is 0.933 bits per heavy atom. The van der Waals surface area contributed by atoms with Crippen molar-refractivity contribution in [2.24, 2.45) is 11.8 Å². The van der Waals surface area contributed by atoms with Gasteiger partial charge in [-0.25, -0.2) is 0 Å². The van der Waals surface area contributed by atoms with E-state index in [1.165, 1.54) is 36.8 Å². The van der Waals surface area contributed by atoms with Gasteiger partial charge in [-0.2, -0.15) is 0 Å². The molecule has 0 radical (unpaired) electrons. The minimum absolute atomic E-state index is 0.675. The van der Waals surface area contributed by atoms with Gasteiger partial charge in [-0.05, 0) is 44.4 Å². The molecule has 0 amide bonds. The highest BCUT2D eigenvalue weighted by Crippen LogP contribution is 2.24. The molecule has 0 heteroatoms. The van der Waals surface area contributed by atoms with E-state index in [0.717, 1.165) is 5.92 Å². The van der Waals surface area contributed by atoms with E-state index in [-0.39, 0.29) is 0 Å². The molecule has 0 aromatic heterocycles. The molecule has 0 saturated heterocycles. The predicted octanol–water partition coefficient (Wildman–Crippen LogP) is 5.36. The monoisotopic (exact) mass is 208 g/mol. The van der Waals surface area contributed by atoms with Crippen molar-refractivity contribution in [1.82, 2.24) is 0 Å². The first-order valence-electron chi connectivity index (χ1n) is 6.47. The fraction of sp³-hybridized carbons (Fsp3) is 0.733. The number of hydrogen-bond donors (Lipinski definition) is 0. The van der Waals surface area contributed by atoms with Gasteiger partial charge in [0.25, 0.3) is 0 Å². The Bertz CT molecular complexity index is 202. The third-order valence-electron chi connectivity index (χ3n) is 3.55. The Balaban J connectivity index is 4.51. The minimum Gasteiger partial charge on any atom is -0.0956 e. The SMILES string of the molecule is C=C(/C=C(\C)C(CC)CC)C(CC)CC. The van der Waals surface area contributed by atoms with Crippen LogP contribution in [0.4, 0.5) is 0 Å². The quantitative estimate of drug-likeness (QED) is 0.494. The Labute approximate surface area is 96.5 Å². The van der Waals surface area contributed by atoms with Crippen LogP contribution in [-0.4, -0.2) is 0 Å². The second-order valence-electron chi connectivity index (χ2n) is 4.49. The van der Waals surface area contributed by atoms with Gasteiger partial charge in [0.2, 0.25) is 0 Å². The van der Waals surface area contributed by atoms with Gasteiger partial charge in [-0.1, -0.05) is 51.5 Å². The van der Waals surface area contributed by atoms with Crippen molar-refractivity contribution in [2.75, 3.05) is 0 Å². The van der Waals surface area contributed by atoms with Crippen LogP contribution in [0.1, 0.15) is 60.3 Å². The van der Waals surface area contributed by atoms with Gasteiger partial charge in [0.05, 0.1) is 0 Å². The van der Waals surface area contributed by atoms with E-state index in [4.69, 9.17) is 0 Å². The first kappa shape index (κ1) is 14.5. The molecule has 0 aromatic carbocycles. The van der Waals surface area contributed by atoms with Gasteiger partial charge < -0.3 is 0 Å². The lowest BCUT2D eigenvalue weighted by atomic mass is 9.89. The zero-order chi connectivity index (χ0) is 11.8. The smallest absolute Gasteiger partial charge is 0.0173 e. The van der Waals surface area contributed by atoms with E-state index < -0.39 is 0 Å². The molecule has 0 aromatic rings. The highest BCUT2D eigenvalue weighted by Gasteiger charge is 2.09. The summed E-state index contributed by atoms with van der Waals surface area (Å²) in [7, 11) is 0. The van der Waals surface area contributed by atoms with Crippen molar-refractivity contribution in [3.63, 3.8) is 0 Å². The Morgan fingerprint density at radius 2 is 1.33 bits per heavy atom. The molecule has 15 heavy (non-hydrogen) atoms. The molecule has 88 valence electrons. The zero-order valence-corrected chi connectivity index (χ0v) is 11.3. The largest absolute Gasteiger partial charge is 0.0956 e. The molecule has 0 spiro atoms. The van der Waals surface area contributed by atoms with Gasteiger partial charge in [0, 0.05) is 0 Å². The van der Waals surface area contributed by atoms with Crippen LogP contribution in [0, 0.1) is 11.8 Å². The van der Waals surface area contributed by atoms with Crippen molar-refractivity contribution >= 4 is 0 Å². The molecule has 0 bridgehead atoms. The number of rotatable bonds is 7. The van der Waals surface area contributed by atoms with Crippen molar-refractivity contribution in [3.8, 4) is 0 Å². The molecule has 0 rings (SSSR count). The van der Waals surface area contributed by atoms with Crippen LogP contribution in [-0.2, 0) is 0 Å². The third kappa shape index (κ3) is 4.68. The summed E-state index contributed by atoms with van der Waals surface area (Å²) < 4.78 is 0. The molecule has 0 saturated carbocycles. The summed E-state index contributed by atoms with van der Waals surface area (Å²) in [4.78, 5) is 0. The van der Waals surface area contributed by atoms with Crippen LogP contribution in [0.15, 0.2) is 23.8 Å². The maximum atomic E-state index is 4.21. The minimum atomic E-state index is 0.675. The zero-order valence-electron chi connectivity index (χ0n) is 11.3. The van der Waals surface area contributed by atoms with E-state index in [9.17, 15) is 0 Å². The van der Waals surface area contributed by atoms with E-state index in [2.05, 4.69) is 47.3 Å². The summed E-state index contributed by atoms with van der Waals surface area (Å²) in [5.41, 5.74) is 2.83. The highest BCUT2D eigenvalue weighted by atomic mass is 14.1. The van der Waals surface area contributed by atoms with Crippen molar-refractivity contribution in [1.29, 1.82) is 0 Å². The number of allylic oxidation sites excluding steroid dienone is 3. The van der Waals surface area contributed by atoms with Crippen LogP contribution in [0.3, 0.4) is 0 Å². The van der Waals surface area contributed by atoms with Gasteiger partial charge in [0.15, 0.2) is 0 Å². The van der Waals surface area contributed by atoms with Crippen molar-refractivity contribution in [3.05, 3.63) is 23.8 Å². The highest BCUT2D eigenvalue weighted by molar-refractivity contribution is 5.23. The van der Waals surface area contributed by atoms with Crippen LogP contribution in [0.25, 0.3) is 0 Å². The summed E-state index contributed by atoms with van der Waals surface area (Å²) in [6.07, 6.45) is 7.24. The lowest BCUT2D eigenvalue weighted by molar-refractivity contribution is 0.560. The molecule has 0 fully saturated rings. The molecular formula is C15H28. The average Bonchev–Trinajstić information content (AvgIpc) is 2.21. The van der Waals surface area contributed by atoms with Gasteiger partial charge >= 0.3 is 0 Å².